The van der Waals surface area contributed by atoms with E-state index in [0.29, 0.717) is 19.7 Å². The minimum atomic E-state index is -0.471. The SMILES string of the molecule is CCNC(=NCCn1cc(C)cn1)N1CCC(OCCCNC(=O)OC(C)(C)C)CC1. The number of aromatic nitrogens is 2. The van der Waals surface area contributed by atoms with Gasteiger partial charge in [-0.05, 0) is 59.4 Å². The third-order valence-electron chi connectivity index (χ3n) is 4.77. The number of hydrogen-bond donors (Lipinski definition) is 2. The van der Waals surface area contributed by atoms with Crippen molar-refractivity contribution >= 4 is 12.1 Å². The summed E-state index contributed by atoms with van der Waals surface area (Å²) < 4.78 is 13.2. The van der Waals surface area contributed by atoms with Crippen LogP contribution in [0.25, 0.3) is 0 Å². The lowest BCUT2D eigenvalue weighted by molar-refractivity contribution is 0.0170. The monoisotopic (exact) mass is 436 g/mol. The van der Waals surface area contributed by atoms with E-state index in [4.69, 9.17) is 14.5 Å². The number of nitrogens with zero attached hydrogens (tertiary/aromatic N) is 4. The largest absolute Gasteiger partial charge is 0.444 e. The maximum Gasteiger partial charge on any atom is 0.407 e. The Morgan fingerprint density at radius 1 is 1.29 bits per heavy atom. The summed E-state index contributed by atoms with van der Waals surface area (Å²) in [5, 5.41) is 10.5. The average Bonchev–Trinajstić information content (AvgIpc) is 3.11. The van der Waals surface area contributed by atoms with Crippen LogP contribution in [0.15, 0.2) is 17.4 Å². The van der Waals surface area contributed by atoms with Gasteiger partial charge >= 0.3 is 6.09 Å². The van der Waals surface area contributed by atoms with Crippen molar-refractivity contribution in [1.82, 2.24) is 25.3 Å². The number of aryl methyl sites for hydroxylation is 1. The Balaban J connectivity index is 1.64. The molecule has 0 aromatic carbocycles. The smallest absolute Gasteiger partial charge is 0.407 e. The molecule has 1 aliphatic heterocycles. The molecule has 0 aliphatic carbocycles. The number of alkyl carbamates (subject to hydrolysis) is 1. The number of guanidine groups is 1. The van der Waals surface area contributed by atoms with Gasteiger partial charge in [0, 0.05) is 39.0 Å². The second-order valence-corrected chi connectivity index (χ2v) is 8.86. The highest BCUT2D eigenvalue weighted by molar-refractivity contribution is 5.80. The predicted octanol–water partition coefficient (Wildman–Crippen LogP) is 2.55. The zero-order chi connectivity index (χ0) is 22.7. The molecule has 31 heavy (non-hydrogen) atoms. The summed E-state index contributed by atoms with van der Waals surface area (Å²) in [5.41, 5.74) is 0.695. The van der Waals surface area contributed by atoms with Gasteiger partial charge in [-0.15, -0.1) is 0 Å². The van der Waals surface area contributed by atoms with E-state index in [2.05, 4.69) is 27.6 Å². The van der Waals surface area contributed by atoms with Crippen molar-refractivity contribution in [2.45, 2.75) is 72.1 Å². The van der Waals surface area contributed by atoms with E-state index in [1.165, 1.54) is 5.56 Å². The molecule has 1 aromatic rings. The number of carbonyl (C=O) groups is 1. The van der Waals surface area contributed by atoms with Crippen LogP contribution < -0.4 is 10.6 Å². The predicted molar refractivity (Wildman–Crippen MR) is 122 cm³/mol. The fourth-order valence-corrected chi connectivity index (χ4v) is 3.33. The van der Waals surface area contributed by atoms with Crippen LogP contribution in [0.5, 0.6) is 0 Å². The number of likely N-dealkylation sites (tertiary alicyclic amines) is 1. The van der Waals surface area contributed by atoms with E-state index in [1.807, 2.05) is 44.8 Å². The summed E-state index contributed by atoms with van der Waals surface area (Å²) in [6.45, 7) is 15.1. The maximum absolute atomic E-state index is 11.6. The van der Waals surface area contributed by atoms with Gasteiger partial charge in [-0.2, -0.15) is 5.10 Å². The summed E-state index contributed by atoms with van der Waals surface area (Å²) in [6.07, 6.45) is 6.51. The molecule has 2 heterocycles. The molecule has 2 N–H and O–H groups in total. The Kier molecular flexibility index (Phi) is 10.1. The molecule has 1 aliphatic rings. The molecule has 9 heteroatoms. The van der Waals surface area contributed by atoms with Crippen LogP contribution >= 0.6 is 0 Å². The van der Waals surface area contributed by atoms with Crippen molar-refractivity contribution in [2.24, 2.45) is 4.99 Å². The Labute approximate surface area is 186 Å². The van der Waals surface area contributed by atoms with E-state index < -0.39 is 5.60 Å². The van der Waals surface area contributed by atoms with Gasteiger partial charge in [0.2, 0.25) is 0 Å². The first-order chi connectivity index (χ1) is 14.8. The van der Waals surface area contributed by atoms with Gasteiger partial charge in [0.15, 0.2) is 5.96 Å². The van der Waals surface area contributed by atoms with Gasteiger partial charge in [-0.1, -0.05) is 0 Å². The molecule has 1 saturated heterocycles. The molecule has 1 fully saturated rings. The summed E-state index contributed by atoms with van der Waals surface area (Å²) >= 11 is 0. The first kappa shape index (κ1) is 25.0. The number of aliphatic imine (C=N–C) groups is 1. The van der Waals surface area contributed by atoms with E-state index in [1.54, 1.807) is 0 Å². The van der Waals surface area contributed by atoms with E-state index >= 15 is 0 Å². The van der Waals surface area contributed by atoms with Crippen LogP contribution in [0.3, 0.4) is 0 Å². The van der Waals surface area contributed by atoms with Crippen LogP contribution in [-0.4, -0.2) is 77.8 Å². The highest BCUT2D eigenvalue weighted by Gasteiger charge is 2.22. The lowest BCUT2D eigenvalue weighted by Crippen LogP contribution is -2.47. The van der Waals surface area contributed by atoms with Gasteiger partial charge in [-0.3, -0.25) is 9.67 Å². The van der Waals surface area contributed by atoms with Crippen molar-refractivity contribution < 1.29 is 14.3 Å². The summed E-state index contributed by atoms with van der Waals surface area (Å²) in [6, 6.07) is 0. The quantitative estimate of drug-likeness (QED) is 0.351. The number of nitrogens with one attached hydrogen (secondary N) is 2. The molecular weight excluding hydrogens is 396 g/mol. The molecule has 0 radical (unpaired) electrons. The van der Waals surface area contributed by atoms with Gasteiger partial charge in [0.05, 0.1) is 25.4 Å². The molecule has 176 valence electrons. The summed E-state index contributed by atoms with van der Waals surface area (Å²) in [7, 11) is 0. The van der Waals surface area contributed by atoms with Crippen LogP contribution in [0.4, 0.5) is 4.79 Å². The third-order valence-corrected chi connectivity index (χ3v) is 4.77. The number of amides is 1. The fourth-order valence-electron chi connectivity index (χ4n) is 3.33. The Bertz CT molecular complexity index is 690. The van der Waals surface area contributed by atoms with E-state index in [9.17, 15) is 4.79 Å². The molecular formula is C22H40N6O3. The zero-order valence-electron chi connectivity index (χ0n) is 19.8. The zero-order valence-corrected chi connectivity index (χ0v) is 19.8. The first-order valence-electron chi connectivity index (χ1n) is 11.4. The van der Waals surface area contributed by atoms with Crippen LogP contribution in [0, 0.1) is 6.92 Å². The summed E-state index contributed by atoms with van der Waals surface area (Å²) in [5.74, 6) is 0.964. The number of piperidine rings is 1. The number of carbonyl (C=O) groups excluding carboxylic acids is 1. The molecule has 0 unspecified atom stereocenters. The van der Waals surface area contributed by atoms with Crippen molar-refractivity contribution in [3.05, 3.63) is 18.0 Å². The minimum absolute atomic E-state index is 0.257. The van der Waals surface area contributed by atoms with Crippen molar-refractivity contribution in [3.63, 3.8) is 0 Å². The van der Waals surface area contributed by atoms with Crippen LogP contribution in [0.1, 0.15) is 52.5 Å². The molecule has 1 amide bonds. The van der Waals surface area contributed by atoms with E-state index in [0.717, 1.165) is 51.4 Å². The van der Waals surface area contributed by atoms with Crippen LogP contribution in [-0.2, 0) is 16.0 Å². The van der Waals surface area contributed by atoms with Crippen molar-refractivity contribution in [2.75, 3.05) is 39.3 Å². The molecule has 0 saturated carbocycles. The highest BCUT2D eigenvalue weighted by Crippen LogP contribution is 2.14. The minimum Gasteiger partial charge on any atom is -0.444 e. The number of ether oxygens (including phenoxy) is 2. The normalized spacial score (nSPS) is 15.8. The van der Waals surface area contributed by atoms with Crippen LogP contribution in [0.2, 0.25) is 0 Å². The molecule has 1 aromatic heterocycles. The molecule has 0 spiro atoms. The Morgan fingerprint density at radius 3 is 2.65 bits per heavy atom. The average molecular weight is 437 g/mol. The lowest BCUT2D eigenvalue weighted by atomic mass is 10.1. The summed E-state index contributed by atoms with van der Waals surface area (Å²) in [4.78, 5) is 18.7. The molecule has 0 atom stereocenters. The third kappa shape index (κ3) is 10.0. The van der Waals surface area contributed by atoms with Gasteiger partial charge < -0.3 is 25.0 Å². The standard InChI is InChI=1S/C22H40N6O3/c1-6-23-20(24-11-14-28-17-18(2)16-26-28)27-12-8-19(9-13-27)30-15-7-10-25-21(29)31-22(3,4)5/h16-17,19H,6-15H2,1-5H3,(H,23,24)(H,25,29). The number of hydrogen-bond acceptors (Lipinski definition) is 5. The molecule has 9 nitrogen and oxygen atoms in total. The van der Waals surface area contributed by atoms with Gasteiger partial charge in [-0.25, -0.2) is 4.79 Å². The second-order valence-electron chi connectivity index (χ2n) is 8.86. The Hall–Kier alpha value is -2.29. The lowest BCUT2D eigenvalue weighted by Gasteiger charge is -2.34. The highest BCUT2D eigenvalue weighted by atomic mass is 16.6. The maximum atomic E-state index is 11.6. The van der Waals surface area contributed by atoms with Crippen molar-refractivity contribution in [3.8, 4) is 0 Å². The topological polar surface area (TPSA) is 93.0 Å². The second kappa shape index (κ2) is 12.5. The number of rotatable bonds is 9. The van der Waals surface area contributed by atoms with Gasteiger partial charge in [0.25, 0.3) is 0 Å². The van der Waals surface area contributed by atoms with Gasteiger partial charge in [0.1, 0.15) is 5.60 Å². The van der Waals surface area contributed by atoms with E-state index in [-0.39, 0.29) is 12.2 Å². The first-order valence-corrected chi connectivity index (χ1v) is 11.4. The Morgan fingerprint density at radius 2 is 2.03 bits per heavy atom. The molecule has 2 rings (SSSR count). The molecule has 0 bridgehead atoms. The fraction of sp³-hybridized carbons (Fsp3) is 0.773. The van der Waals surface area contributed by atoms with Crippen molar-refractivity contribution in [1.29, 1.82) is 0 Å².